The third kappa shape index (κ3) is 2.09. The Bertz CT molecular complexity index is 670. The lowest BCUT2D eigenvalue weighted by molar-refractivity contribution is 0.407. The van der Waals surface area contributed by atoms with Crippen LogP contribution >= 0.6 is 0 Å². The maximum atomic E-state index is 6.35. The number of aromatic amines is 1. The van der Waals surface area contributed by atoms with Crippen LogP contribution in [-0.4, -0.2) is 12.1 Å². The smallest absolute Gasteiger partial charge is 0.124 e. The van der Waals surface area contributed by atoms with Crippen LogP contribution in [-0.2, 0) is 0 Å². The zero-order valence-electron chi connectivity index (χ0n) is 10.8. The Balaban J connectivity index is 2.05. The minimum Gasteiger partial charge on any atom is -0.496 e. The molecule has 3 nitrogen and oxygen atoms in total. The second-order valence-corrected chi connectivity index (χ2v) is 4.53. The number of H-pyrrole nitrogens is 1. The molecule has 0 radical (unpaired) electrons. The number of nitrogens with one attached hydrogen (secondary N) is 1. The van der Waals surface area contributed by atoms with Gasteiger partial charge in [-0.2, -0.15) is 0 Å². The highest BCUT2D eigenvalue weighted by molar-refractivity contribution is 5.80. The Morgan fingerprint density at radius 2 is 1.79 bits per heavy atom. The summed E-state index contributed by atoms with van der Waals surface area (Å²) in [5, 5.41) is 1.17. The van der Waals surface area contributed by atoms with Gasteiger partial charge in [-0.3, -0.25) is 0 Å². The molecule has 0 aliphatic rings. The number of methoxy groups -OCH3 is 1. The lowest BCUT2D eigenvalue weighted by Gasteiger charge is -2.14. The van der Waals surface area contributed by atoms with E-state index in [2.05, 4.69) is 17.1 Å². The van der Waals surface area contributed by atoms with Crippen LogP contribution in [0.5, 0.6) is 5.75 Å². The van der Waals surface area contributed by atoms with Crippen molar-refractivity contribution in [1.29, 1.82) is 0 Å². The maximum absolute atomic E-state index is 6.35. The summed E-state index contributed by atoms with van der Waals surface area (Å²) >= 11 is 0. The quantitative estimate of drug-likeness (QED) is 0.752. The van der Waals surface area contributed by atoms with Gasteiger partial charge in [-0.1, -0.05) is 36.4 Å². The molecule has 3 aromatic rings. The molecule has 96 valence electrons. The zero-order valence-corrected chi connectivity index (χ0v) is 10.8. The molecule has 0 saturated heterocycles. The fourth-order valence-electron chi connectivity index (χ4n) is 2.35. The molecule has 3 heteroatoms. The fraction of sp³-hybridized carbons (Fsp3) is 0.125. The van der Waals surface area contributed by atoms with E-state index in [-0.39, 0.29) is 6.04 Å². The standard InChI is InChI=1S/C16H16N2O/c1-19-15-9-5-3-7-12(15)16(17)14-10-11-6-2-4-8-13(11)18-14/h2-10,16,18H,17H2,1H3. The van der Waals surface area contributed by atoms with Crippen molar-refractivity contribution in [1.82, 2.24) is 4.98 Å². The third-order valence-corrected chi connectivity index (χ3v) is 3.36. The predicted molar refractivity (Wildman–Crippen MR) is 77.3 cm³/mol. The first-order valence-electron chi connectivity index (χ1n) is 6.26. The first-order valence-corrected chi connectivity index (χ1v) is 6.26. The summed E-state index contributed by atoms with van der Waals surface area (Å²) in [6.45, 7) is 0. The second-order valence-electron chi connectivity index (χ2n) is 4.53. The van der Waals surface area contributed by atoms with E-state index < -0.39 is 0 Å². The Kier molecular flexibility index (Phi) is 2.97. The number of ether oxygens (including phenoxy) is 1. The highest BCUT2D eigenvalue weighted by Crippen LogP contribution is 2.29. The topological polar surface area (TPSA) is 51.0 Å². The van der Waals surface area contributed by atoms with Gasteiger partial charge in [-0.05, 0) is 23.6 Å². The van der Waals surface area contributed by atoms with Gasteiger partial charge in [-0.15, -0.1) is 0 Å². The molecule has 0 saturated carbocycles. The van der Waals surface area contributed by atoms with E-state index in [4.69, 9.17) is 10.5 Å². The normalized spacial score (nSPS) is 12.5. The van der Waals surface area contributed by atoms with Gasteiger partial charge in [0, 0.05) is 16.8 Å². The molecule has 3 rings (SSSR count). The Labute approximate surface area is 112 Å². The fourth-order valence-corrected chi connectivity index (χ4v) is 2.35. The molecular formula is C16H16N2O. The van der Waals surface area contributed by atoms with Crippen molar-refractivity contribution in [2.24, 2.45) is 5.73 Å². The van der Waals surface area contributed by atoms with Crippen molar-refractivity contribution in [3.05, 3.63) is 65.9 Å². The number of rotatable bonds is 3. The van der Waals surface area contributed by atoms with Crippen molar-refractivity contribution in [3.8, 4) is 5.75 Å². The van der Waals surface area contributed by atoms with Gasteiger partial charge < -0.3 is 15.5 Å². The molecule has 1 aromatic heterocycles. The van der Waals surface area contributed by atoms with E-state index >= 15 is 0 Å². The molecule has 2 aromatic carbocycles. The van der Waals surface area contributed by atoms with Crippen LogP contribution in [0.4, 0.5) is 0 Å². The molecular weight excluding hydrogens is 236 g/mol. The molecule has 3 N–H and O–H groups in total. The summed E-state index contributed by atoms with van der Waals surface area (Å²) in [6, 6.07) is 17.9. The molecule has 0 amide bonds. The van der Waals surface area contributed by atoms with E-state index in [9.17, 15) is 0 Å². The van der Waals surface area contributed by atoms with Crippen LogP contribution < -0.4 is 10.5 Å². The van der Waals surface area contributed by atoms with E-state index in [1.54, 1.807) is 7.11 Å². The van der Waals surface area contributed by atoms with Crippen LogP contribution in [0.3, 0.4) is 0 Å². The Morgan fingerprint density at radius 1 is 1.05 bits per heavy atom. The summed E-state index contributed by atoms with van der Waals surface area (Å²) < 4.78 is 5.37. The van der Waals surface area contributed by atoms with E-state index in [1.807, 2.05) is 42.5 Å². The number of benzene rings is 2. The van der Waals surface area contributed by atoms with Crippen LogP contribution in [0, 0.1) is 0 Å². The number of hydrogen-bond donors (Lipinski definition) is 2. The largest absolute Gasteiger partial charge is 0.496 e. The number of fused-ring (bicyclic) bond motifs is 1. The van der Waals surface area contributed by atoms with Gasteiger partial charge in [0.2, 0.25) is 0 Å². The minimum atomic E-state index is -0.219. The number of hydrogen-bond acceptors (Lipinski definition) is 2. The molecule has 0 aliphatic heterocycles. The van der Waals surface area contributed by atoms with Gasteiger partial charge in [0.1, 0.15) is 5.75 Å². The first kappa shape index (κ1) is 11.8. The maximum Gasteiger partial charge on any atom is 0.124 e. The van der Waals surface area contributed by atoms with Gasteiger partial charge in [0.25, 0.3) is 0 Å². The molecule has 1 heterocycles. The highest BCUT2D eigenvalue weighted by Gasteiger charge is 2.15. The molecule has 0 aliphatic carbocycles. The Hall–Kier alpha value is -2.26. The number of nitrogens with two attached hydrogens (primary N) is 1. The van der Waals surface area contributed by atoms with E-state index in [1.165, 1.54) is 5.39 Å². The van der Waals surface area contributed by atoms with Crippen molar-refractivity contribution < 1.29 is 4.74 Å². The van der Waals surface area contributed by atoms with Crippen molar-refractivity contribution in [2.75, 3.05) is 7.11 Å². The van der Waals surface area contributed by atoms with Gasteiger partial charge in [0.15, 0.2) is 0 Å². The van der Waals surface area contributed by atoms with Crippen LogP contribution in [0.25, 0.3) is 10.9 Å². The average molecular weight is 252 g/mol. The van der Waals surface area contributed by atoms with E-state index in [0.717, 1.165) is 22.5 Å². The van der Waals surface area contributed by atoms with Crippen molar-refractivity contribution >= 4 is 10.9 Å². The van der Waals surface area contributed by atoms with Gasteiger partial charge in [0.05, 0.1) is 13.2 Å². The molecule has 1 atom stereocenters. The zero-order chi connectivity index (χ0) is 13.2. The molecule has 0 spiro atoms. The summed E-state index contributed by atoms with van der Waals surface area (Å²) in [5.74, 6) is 0.814. The van der Waals surface area contributed by atoms with Gasteiger partial charge in [-0.25, -0.2) is 0 Å². The number of para-hydroxylation sites is 2. The molecule has 0 bridgehead atoms. The summed E-state index contributed by atoms with van der Waals surface area (Å²) in [6.07, 6.45) is 0. The first-order chi connectivity index (χ1) is 9.29. The van der Waals surface area contributed by atoms with Crippen molar-refractivity contribution in [2.45, 2.75) is 6.04 Å². The van der Waals surface area contributed by atoms with Gasteiger partial charge >= 0.3 is 0 Å². The monoisotopic (exact) mass is 252 g/mol. The van der Waals surface area contributed by atoms with Crippen LogP contribution in [0.15, 0.2) is 54.6 Å². The summed E-state index contributed by atoms with van der Waals surface area (Å²) in [5.41, 5.74) is 9.42. The van der Waals surface area contributed by atoms with Crippen LogP contribution in [0.1, 0.15) is 17.3 Å². The van der Waals surface area contributed by atoms with Crippen molar-refractivity contribution in [3.63, 3.8) is 0 Å². The molecule has 19 heavy (non-hydrogen) atoms. The second kappa shape index (κ2) is 4.78. The minimum absolute atomic E-state index is 0.219. The predicted octanol–water partition coefficient (Wildman–Crippen LogP) is 3.22. The van der Waals surface area contributed by atoms with E-state index in [0.29, 0.717) is 0 Å². The SMILES string of the molecule is COc1ccccc1C(N)c1cc2ccccc2[nH]1. The average Bonchev–Trinajstić information content (AvgIpc) is 2.90. The molecule has 0 fully saturated rings. The number of aromatic nitrogens is 1. The lowest BCUT2D eigenvalue weighted by Crippen LogP contribution is -2.13. The molecule has 1 unspecified atom stereocenters. The lowest BCUT2D eigenvalue weighted by atomic mass is 10.0. The highest BCUT2D eigenvalue weighted by atomic mass is 16.5. The summed E-state index contributed by atoms with van der Waals surface area (Å²) in [7, 11) is 1.66. The third-order valence-electron chi connectivity index (χ3n) is 3.36. The van der Waals surface area contributed by atoms with Crippen LogP contribution in [0.2, 0.25) is 0 Å². The Morgan fingerprint density at radius 3 is 2.58 bits per heavy atom. The summed E-state index contributed by atoms with van der Waals surface area (Å²) in [4.78, 5) is 3.36.